The predicted octanol–water partition coefficient (Wildman–Crippen LogP) is 1.55. The number of nitrogens with two attached hydrogens (primary N) is 1. The second-order valence-corrected chi connectivity index (χ2v) is 5.61. The summed E-state index contributed by atoms with van der Waals surface area (Å²) in [5.74, 6) is 0.0508. The van der Waals surface area contributed by atoms with E-state index in [-0.39, 0.29) is 18.1 Å². The molecule has 0 spiro atoms. The highest BCUT2D eigenvalue weighted by Crippen LogP contribution is 2.21. The predicted molar refractivity (Wildman–Crippen MR) is 82.6 cm³/mol. The Morgan fingerprint density at radius 2 is 2.10 bits per heavy atom. The topological polar surface area (TPSA) is 64.3 Å². The first-order valence-electron chi connectivity index (χ1n) is 6.79. The number of methoxy groups -OCH3 is 1. The van der Waals surface area contributed by atoms with E-state index in [2.05, 4.69) is 5.32 Å². The molecule has 4 nitrogen and oxygen atoms in total. The van der Waals surface area contributed by atoms with Gasteiger partial charge < -0.3 is 15.8 Å². The van der Waals surface area contributed by atoms with Crippen LogP contribution < -0.4 is 11.1 Å². The van der Waals surface area contributed by atoms with E-state index in [0.29, 0.717) is 11.4 Å². The summed E-state index contributed by atoms with van der Waals surface area (Å²) in [6, 6.07) is 7.72. The molecule has 2 unspecified atom stereocenters. The van der Waals surface area contributed by atoms with E-state index < -0.39 is 0 Å². The first-order valence-corrected chi connectivity index (χ1v) is 7.20. The van der Waals surface area contributed by atoms with Gasteiger partial charge in [-0.25, -0.2) is 0 Å². The zero-order chi connectivity index (χ0) is 14.5. The Labute approximate surface area is 124 Å². The number of hydrogen-bond acceptors (Lipinski definition) is 3. The highest BCUT2D eigenvalue weighted by atomic mass is 32.1. The summed E-state index contributed by atoms with van der Waals surface area (Å²) in [4.78, 5) is 12.4. The molecule has 2 rings (SSSR count). The van der Waals surface area contributed by atoms with Crippen LogP contribution in [0.3, 0.4) is 0 Å². The minimum absolute atomic E-state index is 0.0508. The van der Waals surface area contributed by atoms with Gasteiger partial charge in [0.1, 0.15) is 4.99 Å². The summed E-state index contributed by atoms with van der Waals surface area (Å²) in [5.41, 5.74) is 7.32. The van der Waals surface area contributed by atoms with E-state index in [9.17, 15) is 4.79 Å². The number of amides is 1. The monoisotopic (exact) mass is 292 g/mol. The van der Waals surface area contributed by atoms with Crippen LogP contribution in [0.15, 0.2) is 24.3 Å². The highest BCUT2D eigenvalue weighted by molar-refractivity contribution is 7.80. The molecule has 3 N–H and O–H groups in total. The maximum Gasteiger partial charge on any atom is 0.224 e. The lowest BCUT2D eigenvalue weighted by atomic mass is 10.1. The molecule has 20 heavy (non-hydrogen) atoms. The number of thiocarbonyl (C=S) groups is 1. The van der Waals surface area contributed by atoms with Crippen molar-refractivity contribution in [1.82, 2.24) is 5.32 Å². The number of carbonyl (C=O) groups excluding carboxylic acids is 1. The second-order valence-electron chi connectivity index (χ2n) is 5.17. The molecule has 1 fully saturated rings. The molecule has 1 saturated carbocycles. The minimum Gasteiger partial charge on any atom is -0.389 e. The van der Waals surface area contributed by atoms with Crippen LogP contribution in [-0.2, 0) is 16.0 Å². The molecule has 5 heteroatoms. The summed E-state index contributed by atoms with van der Waals surface area (Å²) in [5, 5.41) is 3.06. The van der Waals surface area contributed by atoms with Crippen molar-refractivity contribution < 1.29 is 9.53 Å². The largest absolute Gasteiger partial charge is 0.389 e. The molecule has 0 heterocycles. The zero-order valence-electron chi connectivity index (χ0n) is 11.6. The number of benzene rings is 1. The second kappa shape index (κ2) is 6.81. The van der Waals surface area contributed by atoms with Crippen molar-refractivity contribution in [3.63, 3.8) is 0 Å². The zero-order valence-corrected chi connectivity index (χ0v) is 12.4. The lowest BCUT2D eigenvalue weighted by molar-refractivity contribution is -0.121. The van der Waals surface area contributed by atoms with Gasteiger partial charge in [-0.05, 0) is 24.8 Å². The molecular formula is C15H20N2O2S. The lowest BCUT2D eigenvalue weighted by Crippen LogP contribution is -2.34. The maximum atomic E-state index is 12.0. The third-order valence-electron chi connectivity index (χ3n) is 3.69. The van der Waals surface area contributed by atoms with Gasteiger partial charge >= 0.3 is 0 Å². The summed E-state index contributed by atoms with van der Waals surface area (Å²) in [7, 11) is 1.72. The van der Waals surface area contributed by atoms with Crippen LogP contribution in [0.25, 0.3) is 0 Å². The summed E-state index contributed by atoms with van der Waals surface area (Å²) in [6.07, 6.45) is 3.58. The van der Waals surface area contributed by atoms with Gasteiger partial charge in [0.15, 0.2) is 0 Å². The molecule has 2 atom stereocenters. The Hall–Kier alpha value is -1.46. The molecule has 1 aromatic rings. The van der Waals surface area contributed by atoms with Crippen LogP contribution in [0, 0.1) is 0 Å². The van der Waals surface area contributed by atoms with Gasteiger partial charge in [-0.1, -0.05) is 36.5 Å². The van der Waals surface area contributed by atoms with Crippen LogP contribution in [0.1, 0.15) is 30.4 Å². The first kappa shape index (κ1) is 14.9. The quantitative estimate of drug-likeness (QED) is 0.808. The maximum absolute atomic E-state index is 12.0. The molecule has 0 bridgehead atoms. The highest BCUT2D eigenvalue weighted by Gasteiger charge is 2.25. The number of rotatable bonds is 5. The normalized spacial score (nSPS) is 21.6. The van der Waals surface area contributed by atoms with Crippen LogP contribution in [0.5, 0.6) is 0 Å². The number of hydrogen-bond donors (Lipinski definition) is 2. The molecule has 0 saturated heterocycles. The summed E-state index contributed by atoms with van der Waals surface area (Å²) < 4.78 is 5.30. The number of carbonyl (C=O) groups is 1. The van der Waals surface area contributed by atoms with E-state index in [0.717, 1.165) is 30.4 Å². The molecule has 1 aliphatic carbocycles. The average Bonchev–Trinajstić information content (AvgIpc) is 2.86. The molecule has 0 aromatic heterocycles. The van der Waals surface area contributed by atoms with Crippen LogP contribution in [-0.4, -0.2) is 30.2 Å². The van der Waals surface area contributed by atoms with Crippen molar-refractivity contribution >= 4 is 23.1 Å². The Kier molecular flexibility index (Phi) is 5.09. The van der Waals surface area contributed by atoms with Crippen LogP contribution >= 0.6 is 12.2 Å². The SMILES string of the molecule is COC1CCC(NC(=O)Cc2ccc(C(N)=S)cc2)C1. The van der Waals surface area contributed by atoms with E-state index in [1.54, 1.807) is 7.11 Å². The molecule has 108 valence electrons. The van der Waals surface area contributed by atoms with Crippen molar-refractivity contribution in [1.29, 1.82) is 0 Å². The van der Waals surface area contributed by atoms with Crippen molar-refractivity contribution in [3.8, 4) is 0 Å². The molecule has 0 radical (unpaired) electrons. The van der Waals surface area contributed by atoms with Gasteiger partial charge in [0.2, 0.25) is 5.91 Å². The van der Waals surface area contributed by atoms with Gasteiger partial charge in [-0.2, -0.15) is 0 Å². The fourth-order valence-electron chi connectivity index (χ4n) is 2.54. The standard InChI is InChI=1S/C15H20N2O2S/c1-19-13-7-6-12(9-13)17-14(18)8-10-2-4-11(5-3-10)15(16)20/h2-5,12-13H,6-9H2,1H3,(H2,16,20)(H,17,18). The molecule has 0 aliphatic heterocycles. The lowest BCUT2D eigenvalue weighted by Gasteiger charge is -2.13. The fourth-order valence-corrected chi connectivity index (χ4v) is 2.67. The summed E-state index contributed by atoms with van der Waals surface area (Å²) >= 11 is 4.90. The van der Waals surface area contributed by atoms with Crippen LogP contribution in [0.4, 0.5) is 0 Å². The molecule has 1 aromatic carbocycles. The van der Waals surface area contributed by atoms with Gasteiger partial charge in [0.25, 0.3) is 0 Å². The molecular weight excluding hydrogens is 272 g/mol. The Bertz CT molecular complexity index is 487. The van der Waals surface area contributed by atoms with Crippen LogP contribution in [0.2, 0.25) is 0 Å². The van der Waals surface area contributed by atoms with Crippen molar-refractivity contribution in [2.45, 2.75) is 37.8 Å². The smallest absolute Gasteiger partial charge is 0.224 e. The molecule has 1 aliphatic rings. The van der Waals surface area contributed by atoms with Crippen molar-refractivity contribution in [2.24, 2.45) is 5.73 Å². The molecule has 1 amide bonds. The van der Waals surface area contributed by atoms with Crippen molar-refractivity contribution in [3.05, 3.63) is 35.4 Å². The van der Waals surface area contributed by atoms with E-state index in [4.69, 9.17) is 22.7 Å². The first-order chi connectivity index (χ1) is 9.58. The van der Waals surface area contributed by atoms with E-state index >= 15 is 0 Å². The van der Waals surface area contributed by atoms with Gasteiger partial charge in [-0.15, -0.1) is 0 Å². The van der Waals surface area contributed by atoms with E-state index in [1.807, 2.05) is 24.3 Å². The minimum atomic E-state index is 0.0508. The third kappa shape index (κ3) is 4.02. The van der Waals surface area contributed by atoms with Gasteiger partial charge in [-0.3, -0.25) is 4.79 Å². The Morgan fingerprint density at radius 3 is 2.65 bits per heavy atom. The van der Waals surface area contributed by atoms with Gasteiger partial charge in [0.05, 0.1) is 12.5 Å². The number of ether oxygens (including phenoxy) is 1. The average molecular weight is 292 g/mol. The summed E-state index contributed by atoms with van der Waals surface area (Å²) in [6.45, 7) is 0. The Balaban J connectivity index is 1.84. The third-order valence-corrected chi connectivity index (χ3v) is 3.92. The Morgan fingerprint density at radius 1 is 1.40 bits per heavy atom. The number of nitrogens with one attached hydrogen (secondary N) is 1. The van der Waals surface area contributed by atoms with Crippen molar-refractivity contribution in [2.75, 3.05) is 7.11 Å². The fraction of sp³-hybridized carbons (Fsp3) is 0.467. The van der Waals surface area contributed by atoms with E-state index in [1.165, 1.54) is 0 Å². The van der Waals surface area contributed by atoms with Gasteiger partial charge in [0, 0.05) is 18.7 Å².